The summed E-state index contributed by atoms with van der Waals surface area (Å²) >= 11 is 1.71. The summed E-state index contributed by atoms with van der Waals surface area (Å²) in [5.74, 6) is 0. The highest BCUT2D eigenvalue weighted by molar-refractivity contribution is 7.09. The van der Waals surface area contributed by atoms with Crippen LogP contribution < -0.4 is 5.32 Å². The van der Waals surface area contributed by atoms with Gasteiger partial charge >= 0.3 is 0 Å². The third kappa shape index (κ3) is 4.28. The van der Waals surface area contributed by atoms with Crippen molar-refractivity contribution in [3.8, 4) is 0 Å². The molecule has 3 nitrogen and oxygen atoms in total. The summed E-state index contributed by atoms with van der Waals surface area (Å²) in [5.41, 5.74) is 0. The minimum absolute atomic E-state index is 0.223. The minimum Gasteiger partial charge on any atom is -0.380 e. The molecule has 0 spiro atoms. The molecule has 0 saturated carbocycles. The summed E-state index contributed by atoms with van der Waals surface area (Å²) in [6.45, 7) is 5.30. The zero-order valence-corrected chi connectivity index (χ0v) is 10.5. The zero-order chi connectivity index (χ0) is 11.1. The van der Waals surface area contributed by atoms with E-state index < -0.39 is 0 Å². The second-order valence-electron chi connectivity index (χ2n) is 3.63. The fraction of sp³-hybridized carbons (Fsp3) is 0.727. The Balaban J connectivity index is 2.48. The zero-order valence-electron chi connectivity index (χ0n) is 9.69. The Morgan fingerprint density at radius 1 is 1.60 bits per heavy atom. The molecule has 2 atom stereocenters. The quantitative estimate of drug-likeness (QED) is 0.776. The Labute approximate surface area is 95.9 Å². The molecule has 1 rings (SSSR count). The van der Waals surface area contributed by atoms with Gasteiger partial charge in [-0.2, -0.15) is 0 Å². The largest absolute Gasteiger partial charge is 0.380 e. The van der Waals surface area contributed by atoms with E-state index in [1.165, 1.54) is 5.01 Å². The number of methoxy groups -OCH3 is 1. The van der Waals surface area contributed by atoms with Gasteiger partial charge in [-0.3, -0.25) is 0 Å². The molecule has 0 saturated heterocycles. The van der Waals surface area contributed by atoms with Crippen molar-refractivity contribution in [1.82, 2.24) is 10.3 Å². The molecule has 0 fully saturated rings. The van der Waals surface area contributed by atoms with Crippen LogP contribution in [0, 0.1) is 0 Å². The highest BCUT2D eigenvalue weighted by atomic mass is 32.1. The molecule has 0 amide bonds. The number of nitrogens with zero attached hydrogens (tertiary/aromatic N) is 1. The highest BCUT2D eigenvalue weighted by Gasteiger charge is 2.17. The van der Waals surface area contributed by atoms with E-state index in [9.17, 15) is 0 Å². The van der Waals surface area contributed by atoms with Crippen molar-refractivity contribution in [3.05, 3.63) is 16.6 Å². The Morgan fingerprint density at radius 2 is 2.40 bits per heavy atom. The van der Waals surface area contributed by atoms with Crippen molar-refractivity contribution < 1.29 is 4.74 Å². The molecule has 1 aromatic rings. The van der Waals surface area contributed by atoms with Gasteiger partial charge in [0, 0.05) is 31.1 Å². The predicted octanol–water partition coefficient (Wildman–Crippen LogP) is 2.09. The monoisotopic (exact) mass is 228 g/mol. The fourth-order valence-electron chi connectivity index (χ4n) is 1.44. The SMILES string of the molecule is CCCNC(Cc1nccs1)C(C)OC. The summed E-state index contributed by atoms with van der Waals surface area (Å²) in [5, 5.41) is 6.69. The molecule has 1 heterocycles. The van der Waals surface area contributed by atoms with Crippen LogP contribution in [0.25, 0.3) is 0 Å². The molecular weight excluding hydrogens is 208 g/mol. The number of ether oxygens (including phenoxy) is 1. The van der Waals surface area contributed by atoms with Crippen molar-refractivity contribution in [2.45, 2.75) is 38.8 Å². The maximum atomic E-state index is 5.37. The van der Waals surface area contributed by atoms with Crippen LogP contribution in [-0.2, 0) is 11.2 Å². The molecular formula is C11H20N2OS. The first-order chi connectivity index (χ1) is 7.27. The third-order valence-electron chi connectivity index (χ3n) is 2.47. The maximum Gasteiger partial charge on any atom is 0.0941 e. The first-order valence-electron chi connectivity index (χ1n) is 5.42. The van der Waals surface area contributed by atoms with Crippen molar-refractivity contribution in [2.24, 2.45) is 0 Å². The van der Waals surface area contributed by atoms with Crippen LogP contribution in [0.15, 0.2) is 11.6 Å². The molecule has 2 unspecified atom stereocenters. The van der Waals surface area contributed by atoms with E-state index >= 15 is 0 Å². The second-order valence-corrected chi connectivity index (χ2v) is 4.61. The molecule has 0 bridgehead atoms. The number of thiazole rings is 1. The number of hydrogen-bond acceptors (Lipinski definition) is 4. The first-order valence-corrected chi connectivity index (χ1v) is 6.30. The average molecular weight is 228 g/mol. The standard InChI is InChI=1S/C11H20N2OS/c1-4-5-12-10(9(2)14-3)8-11-13-6-7-15-11/h6-7,9-10,12H,4-5,8H2,1-3H3. The van der Waals surface area contributed by atoms with Gasteiger partial charge in [0.05, 0.1) is 11.1 Å². The molecule has 1 aromatic heterocycles. The lowest BCUT2D eigenvalue weighted by Gasteiger charge is -2.23. The van der Waals surface area contributed by atoms with Gasteiger partial charge in [-0.1, -0.05) is 6.92 Å². The van der Waals surface area contributed by atoms with Crippen LogP contribution in [0.2, 0.25) is 0 Å². The van der Waals surface area contributed by atoms with Crippen LogP contribution in [-0.4, -0.2) is 30.8 Å². The van der Waals surface area contributed by atoms with E-state index in [-0.39, 0.29) is 6.10 Å². The van der Waals surface area contributed by atoms with E-state index in [0.717, 1.165) is 19.4 Å². The lowest BCUT2D eigenvalue weighted by molar-refractivity contribution is 0.0830. The number of nitrogens with one attached hydrogen (secondary N) is 1. The second kappa shape index (κ2) is 6.93. The van der Waals surface area contributed by atoms with E-state index in [0.29, 0.717) is 6.04 Å². The van der Waals surface area contributed by atoms with Gasteiger partial charge in [0.2, 0.25) is 0 Å². The van der Waals surface area contributed by atoms with Crippen LogP contribution >= 0.6 is 11.3 Å². The molecule has 0 aliphatic heterocycles. The van der Waals surface area contributed by atoms with Gasteiger partial charge in [-0.25, -0.2) is 4.98 Å². The van der Waals surface area contributed by atoms with Crippen LogP contribution in [0.4, 0.5) is 0 Å². The number of hydrogen-bond donors (Lipinski definition) is 1. The van der Waals surface area contributed by atoms with Gasteiger partial charge in [0.25, 0.3) is 0 Å². The normalized spacial score (nSPS) is 15.1. The molecule has 15 heavy (non-hydrogen) atoms. The topological polar surface area (TPSA) is 34.2 Å². The van der Waals surface area contributed by atoms with Crippen LogP contribution in [0.1, 0.15) is 25.3 Å². The number of aromatic nitrogens is 1. The lowest BCUT2D eigenvalue weighted by atomic mass is 10.1. The Kier molecular flexibility index (Phi) is 5.83. The van der Waals surface area contributed by atoms with E-state index in [4.69, 9.17) is 4.74 Å². The van der Waals surface area contributed by atoms with E-state index in [1.54, 1.807) is 18.4 Å². The summed E-state index contributed by atoms with van der Waals surface area (Å²) in [6.07, 6.45) is 4.17. The molecule has 0 aromatic carbocycles. The highest BCUT2D eigenvalue weighted by Crippen LogP contribution is 2.10. The molecule has 0 radical (unpaired) electrons. The first kappa shape index (κ1) is 12.6. The predicted molar refractivity (Wildman–Crippen MR) is 64.4 cm³/mol. The summed E-state index contributed by atoms with van der Waals surface area (Å²) < 4.78 is 5.37. The lowest BCUT2D eigenvalue weighted by Crippen LogP contribution is -2.41. The van der Waals surface area contributed by atoms with Gasteiger partial charge in [-0.15, -0.1) is 11.3 Å². The summed E-state index contributed by atoms with van der Waals surface area (Å²) in [4.78, 5) is 4.30. The van der Waals surface area contributed by atoms with Gasteiger partial charge in [0.1, 0.15) is 0 Å². The van der Waals surface area contributed by atoms with Crippen molar-refractivity contribution in [1.29, 1.82) is 0 Å². The van der Waals surface area contributed by atoms with E-state index in [1.807, 2.05) is 11.6 Å². The van der Waals surface area contributed by atoms with Crippen LogP contribution in [0.3, 0.4) is 0 Å². The summed E-state index contributed by atoms with van der Waals surface area (Å²) in [7, 11) is 1.76. The molecule has 0 aliphatic carbocycles. The molecule has 4 heteroatoms. The Hall–Kier alpha value is -0.450. The number of rotatable bonds is 7. The molecule has 1 N–H and O–H groups in total. The van der Waals surface area contributed by atoms with Crippen molar-refractivity contribution in [3.63, 3.8) is 0 Å². The van der Waals surface area contributed by atoms with Crippen molar-refractivity contribution in [2.75, 3.05) is 13.7 Å². The van der Waals surface area contributed by atoms with Gasteiger partial charge in [0.15, 0.2) is 0 Å². The maximum absolute atomic E-state index is 5.37. The Bertz CT molecular complexity index is 251. The average Bonchev–Trinajstić information content (AvgIpc) is 2.75. The van der Waals surface area contributed by atoms with Gasteiger partial charge in [-0.05, 0) is 19.9 Å². The van der Waals surface area contributed by atoms with Crippen molar-refractivity contribution >= 4 is 11.3 Å². The summed E-state index contributed by atoms with van der Waals surface area (Å²) in [6, 6.07) is 0.362. The smallest absolute Gasteiger partial charge is 0.0941 e. The van der Waals surface area contributed by atoms with E-state index in [2.05, 4.69) is 24.1 Å². The van der Waals surface area contributed by atoms with Crippen LogP contribution in [0.5, 0.6) is 0 Å². The molecule has 0 aliphatic rings. The minimum atomic E-state index is 0.223. The third-order valence-corrected chi connectivity index (χ3v) is 3.27. The molecule has 86 valence electrons. The Morgan fingerprint density at radius 3 is 2.93 bits per heavy atom. The fourth-order valence-corrected chi connectivity index (χ4v) is 2.12. The van der Waals surface area contributed by atoms with Gasteiger partial charge < -0.3 is 10.1 Å².